The van der Waals surface area contributed by atoms with E-state index in [0.717, 1.165) is 24.3 Å². The van der Waals surface area contributed by atoms with Gasteiger partial charge >= 0.3 is 0 Å². The normalized spacial score (nSPS) is 16.9. The van der Waals surface area contributed by atoms with Crippen LogP contribution in [0, 0.1) is 0 Å². The average Bonchev–Trinajstić information content (AvgIpc) is 2.92. The lowest BCUT2D eigenvalue weighted by atomic mass is 10.2. The first-order valence-corrected chi connectivity index (χ1v) is 7.38. The number of aliphatic hydroxyl groups is 1. The minimum atomic E-state index is -0.442. The largest absolute Gasteiger partial charge is 0.490 e. The van der Waals surface area contributed by atoms with Crippen LogP contribution in [0.5, 0.6) is 5.75 Å². The molecule has 0 spiro atoms. The van der Waals surface area contributed by atoms with Crippen molar-refractivity contribution >= 4 is 11.6 Å². The molecule has 1 atom stereocenters. The van der Waals surface area contributed by atoms with Crippen LogP contribution in [0.15, 0.2) is 24.3 Å². The third-order valence-electron chi connectivity index (χ3n) is 3.53. The van der Waals surface area contributed by atoms with E-state index in [1.165, 1.54) is 12.8 Å². The van der Waals surface area contributed by atoms with E-state index < -0.39 is 6.10 Å². The number of benzene rings is 1. The SMILES string of the molecule is CC(O)CCC(=O)Nc1ccc(OC2CCCC2)cc1. The van der Waals surface area contributed by atoms with E-state index in [-0.39, 0.29) is 5.91 Å². The predicted molar refractivity (Wildman–Crippen MR) is 78.9 cm³/mol. The van der Waals surface area contributed by atoms with Crippen LogP contribution in [-0.2, 0) is 4.79 Å². The number of anilines is 1. The minimum Gasteiger partial charge on any atom is -0.490 e. The number of hydrogen-bond acceptors (Lipinski definition) is 3. The van der Waals surface area contributed by atoms with Gasteiger partial charge in [0.1, 0.15) is 5.75 Å². The van der Waals surface area contributed by atoms with E-state index in [1.807, 2.05) is 24.3 Å². The Balaban J connectivity index is 1.80. The fourth-order valence-electron chi connectivity index (χ4n) is 2.38. The molecular weight excluding hydrogens is 254 g/mol. The van der Waals surface area contributed by atoms with E-state index in [9.17, 15) is 4.79 Å². The maximum absolute atomic E-state index is 11.6. The molecule has 0 saturated heterocycles. The van der Waals surface area contributed by atoms with Crippen LogP contribution in [0.25, 0.3) is 0 Å². The van der Waals surface area contributed by atoms with Gasteiger partial charge in [-0.25, -0.2) is 0 Å². The minimum absolute atomic E-state index is 0.0737. The zero-order chi connectivity index (χ0) is 14.4. The Hall–Kier alpha value is -1.55. The zero-order valence-electron chi connectivity index (χ0n) is 12.0. The molecule has 1 aliphatic carbocycles. The lowest BCUT2D eigenvalue weighted by Gasteiger charge is -2.13. The van der Waals surface area contributed by atoms with Gasteiger partial charge in [0.25, 0.3) is 0 Å². The van der Waals surface area contributed by atoms with Gasteiger partial charge in [-0.05, 0) is 63.3 Å². The smallest absolute Gasteiger partial charge is 0.224 e. The predicted octanol–water partition coefficient (Wildman–Crippen LogP) is 3.11. The van der Waals surface area contributed by atoms with Gasteiger partial charge in [0.2, 0.25) is 5.91 Å². The molecule has 110 valence electrons. The highest BCUT2D eigenvalue weighted by molar-refractivity contribution is 5.90. The van der Waals surface area contributed by atoms with Crippen LogP contribution in [0.3, 0.4) is 0 Å². The van der Waals surface area contributed by atoms with Crippen LogP contribution in [0.4, 0.5) is 5.69 Å². The van der Waals surface area contributed by atoms with Crippen molar-refractivity contribution in [3.63, 3.8) is 0 Å². The topological polar surface area (TPSA) is 58.6 Å². The van der Waals surface area contributed by atoms with Gasteiger partial charge in [-0.2, -0.15) is 0 Å². The average molecular weight is 277 g/mol. The Labute approximate surface area is 120 Å². The van der Waals surface area contributed by atoms with Gasteiger partial charge in [-0.15, -0.1) is 0 Å². The number of aliphatic hydroxyl groups excluding tert-OH is 1. The highest BCUT2D eigenvalue weighted by Crippen LogP contribution is 2.25. The highest BCUT2D eigenvalue weighted by atomic mass is 16.5. The van der Waals surface area contributed by atoms with Gasteiger partial charge in [0.05, 0.1) is 12.2 Å². The summed E-state index contributed by atoms with van der Waals surface area (Å²) in [4.78, 5) is 11.6. The second-order valence-electron chi connectivity index (χ2n) is 5.48. The van der Waals surface area contributed by atoms with Gasteiger partial charge in [-0.3, -0.25) is 4.79 Å². The summed E-state index contributed by atoms with van der Waals surface area (Å²) < 4.78 is 5.87. The van der Waals surface area contributed by atoms with Crippen LogP contribution in [0.2, 0.25) is 0 Å². The van der Waals surface area contributed by atoms with Crippen molar-refractivity contribution in [3.8, 4) is 5.75 Å². The second kappa shape index (κ2) is 7.29. The molecule has 1 aromatic rings. The molecule has 0 heterocycles. The van der Waals surface area contributed by atoms with Crippen LogP contribution < -0.4 is 10.1 Å². The molecule has 2 N–H and O–H groups in total. The van der Waals surface area contributed by atoms with E-state index >= 15 is 0 Å². The Bertz CT molecular complexity index is 422. The Kier molecular flexibility index (Phi) is 5.41. The van der Waals surface area contributed by atoms with Crippen molar-refractivity contribution < 1.29 is 14.6 Å². The Morgan fingerprint density at radius 2 is 2.00 bits per heavy atom. The van der Waals surface area contributed by atoms with Gasteiger partial charge < -0.3 is 15.2 Å². The molecule has 1 aromatic carbocycles. The molecule has 1 fully saturated rings. The summed E-state index contributed by atoms with van der Waals surface area (Å²) in [7, 11) is 0. The van der Waals surface area contributed by atoms with E-state index in [0.29, 0.717) is 18.9 Å². The van der Waals surface area contributed by atoms with Crippen LogP contribution in [0.1, 0.15) is 45.4 Å². The highest BCUT2D eigenvalue weighted by Gasteiger charge is 2.16. The lowest BCUT2D eigenvalue weighted by molar-refractivity contribution is -0.116. The number of amides is 1. The molecule has 1 saturated carbocycles. The maximum Gasteiger partial charge on any atom is 0.224 e. The quantitative estimate of drug-likeness (QED) is 0.840. The van der Waals surface area contributed by atoms with Crippen LogP contribution >= 0.6 is 0 Å². The Morgan fingerprint density at radius 3 is 2.60 bits per heavy atom. The van der Waals surface area contributed by atoms with Crippen LogP contribution in [-0.4, -0.2) is 23.2 Å². The molecular formula is C16H23NO3. The van der Waals surface area contributed by atoms with Crippen molar-refractivity contribution in [2.24, 2.45) is 0 Å². The molecule has 2 rings (SSSR count). The van der Waals surface area contributed by atoms with Crippen molar-refractivity contribution in [1.82, 2.24) is 0 Å². The molecule has 0 bridgehead atoms. The van der Waals surface area contributed by atoms with Gasteiger partial charge in [0, 0.05) is 12.1 Å². The summed E-state index contributed by atoms with van der Waals surface area (Å²) >= 11 is 0. The summed E-state index contributed by atoms with van der Waals surface area (Å²) in [5.74, 6) is 0.786. The standard InChI is InChI=1S/C16H23NO3/c1-12(18)6-11-16(19)17-13-7-9-15(10-8-13)20-14-4-2-3-5-14/h7-10,12,14,18H,2-6,11H2,1H3,(H,17,19). The summed E-state index contributed by atoms with van der Waals surface area (Å²) in [6, 6.07) is 7.49. The molecule has 0 radical (unpaired) electrons. The molecule has 0 aliphatic heterocycles. The monoisotopic (exact) mass is 277 g/mol. The summed E-state index contributed by atoms with van der Waals surface area (Å²) in [5, 5.41) is 12.0. The van der Waals surface area contributed by atoms with E-state index in [4.69, 9.17) is 9.84 Å². The third-order valence-corrected chi connectivity index (χ3v) is 3.53. The second-order valence-corrected chi connectivity index (χ2v) is 5.48. The third kappa shape index (κ3) is 4.85. The fraction of sp³-hybridized carbons (Fsp3) is 0.562. The molecule has 0 aromatic heterocycles. The fourth-order valence-corrected chi connectivity index (χ4v) is 2.38. The van der Waals surface area contributed by atoms with Gasteiger partial charge in [0.15, 0.2) is 0 Å². The Morgan fingerprint density at radius 1 is 1.35 bits per heavy atom. The van der Waals surface area contributed by atoms with Crippen molar-refractivity contribution in [2.45, 2.75) is 57.7 Å². The first kappa shape index (κ1) is 14.9. The summed E-state index contributed by atoms with van der Waals surface area (Å²) in [6.45, 7) is 1.68. The number of rotatable bonds is 6. The first-order valence-electron chi connectivity index (χ1n) is 7.38. The molecule has 20 heavy (non-hydrogen) atoms. The number of carbonyl (C=O) groups is 1. The van der Waals surface area contributed by atoms with Crippen molar-refractivity contribution in [3.05, 3.63) is 24.3 Å². The first-order chi connectivity index (χ1) is 9.63. The van der Waals surface area contributed by atoms with Crippen molar-refractivity contribution in [1.29, 1.82) is 0 Å². The summed E-state index contributed by atoms with van der Waals surface area (Å²) in [6.07, 6.45) is 5.50. The summed E-state index contributed by atoms with van der Waals surface area (Å²) in [5.41, 5.74) is 0.763. The number of ether oxygens (including phenoxy) is 1. The molecule has 1 amide bonds. The number of carbonyl (C=O) groups excluding carboxylic acids is 1. The van der Waals surface area contributed by atoms with E-state index in [2.05, 4.69) is 5.32 Å². The van der Waals surface area contributed by atoms with Gasteiger partial charge in [-0.1, -0.05) is 0 Å². The molecule has 4 heteroatoms. The number of hydrogen-bond donors (Lipinski definition) is 2. The van der Waals surface area contributed by atoms with E-state index in [1.54, 1.807) is 6.92 Å². The maximum atomic E-state index is 11.6. The molecule has 1 unspecified atom stereocenters. The van der Waals surface area contributed by atoms with Crippen molar-refractivity contribution in [2.75, 3.05) is 5.32 Å². The lowest BCUT2D eigenvalue weighted by Crippen LogP contribution is -2.14. The number of nitrogens with one attached hydrogen (secondary N) is 1. The molecule has 4 nitrogen and oxygen atoms in total. The zero-order valence-corrected chi connectivity index (χ0v) is 12.0. The molecule has 1 aliphatic rings.